The van der Waals surface area contributed by atoms with E-state index in [1.165, 1.54) is 22.6 Å². The standard InChI is InChI=1S/C16H27NS/c1-5-17-16(12-18-6-2)11-14-7-9-15(10-8-14)13(3)4/h7-10,13,16-17H,5-6,11-12H2,1-4H3. The summed E-state index contributed by atoms with van der Waals surface area (Å²) in [5.74, 6) is 3.03. The molecule has 1 aromatic carbocycles. The molecule has 0 aliphatic carbocycles. The van der Waals surface area contributed by atoms with Crippen molar-refractivity contribution >= 4 is 11.8 Å². The van der Waals surface area contributed by atoms with Crippen LogP contribution < -0.4 is 5.32 Å². The van der Waals surface area contributed by atoms with Crippen molar-refractivity contribution in [3.8, 4) is 0 Å². The monoisotopic (exact) mass is 265 g/mol. The number of nitrogens with one attached hydrogen (secondary N) is 1. The van der Waals surface area contributed by atoms with Crippen molar-refractivity contribution in [2.24, 2.45) is 0 Å². The van der Waals surface area contributed by atoms with E-state index >= 15 is 0 Å². The third kappa shape index (κ3) is 5.45. The molecular weight excluding hydrogens is 238 g/mol. The Morgan fingerprint density at radius 2 is 1.78 bits per heavy atom. The van der Waals surface area contributed by atoms with Gasteiger partial charge in [-0.3, -0.25) is 0 Å². The number of thioether (sulfide) groups is 1. The van der Waals surface area contributed by atoms with Crippen molar-refractivity contribution in [2.45, 2.75) is 46.1 Å². The normalized spacial score (nSPS) is 12.9. The van der Waals surface area contributed by atoms with Crippen LogP contribution in [0.2, 0.25) is 0 Å². The van der Waals surface area contributed by atoms with E-state index in [9.17, 15) is 0 Å². The average molecular weight is 265 g/mol. The zero-order valence-corrected chi connectivity index (χ0v) is 13.0. The van der Waals surface area contributed by atoms with E-state index in [4.69, 9.17) is 0 Å². The SMILES string of the molecule is CCNC(CSCC)Cc1ccc(C(C)C)cc1. The van der Waals surface area contributed by atoms with E-state index in [0.29, 0.717) is 12.0 Å². The van der Waals surface area contributed by atoms with Crippen molar-refractivity contribution in [1.29, 1.82) is 0 Å². The second-order valence-corrected chi connectivity index (χ2v) is 6.33. The van der Waals surface area contributed by atoms with Crippen LogP contribution in [0.4, 0.5) is 0 Å². The van der Waals surface area contributed by atoms with Crippen molar-refractivity contribution in [2.75, 3.05) is 18.1 Å². The zero-order valence-electron chi connectivity index (χ0n) is 12.2. The molecule has 2 heteroatoms. The Bertz CT molecular complexity index is 318. The Morgan fingerprint density at radius 3 is 2.28 bits per heavy atom. The van der Waals surface area contributed by atoms with Gasteiger partial charge >= 0.3 is 0 Å². The maximum atomic E-state index is 3.58. The highest BCUT2D eigenvalue weighted by Gasteiger charge is 2.08. The number of hydrogen-bond acceptors (Lipinski definition) is 2. The molecule has 1 aromatic rings. The van der Waals surface area contributed by atoms with Crippen LogP contribution in [0.15, 0.2) is 24.3 Å². The maximum Gasteiger partial charge on any atom is 0.0198 e. The average Bonchev–Trinajstić information content (AvgIpc) is 2.37. The molecule has 1 N–H and O–H groups in total. The number of likely N-dealkylation sites (N-methyl/N-ethyl adjacent to an activating group) is 1. The molecule has 1 nitrogen and oxygen atoms in total. The second-order valence-electron chi connectivity index (χ2n) is 5.01. The lowest BCUT2D eigenvalue weighted by atomic mass is 9.99. The maximum absolute atomic E-state index is 3.58. The van der Waals surface area contributed by atoms with Crippen LogP contribution >= 0.6 is 11.8 Å². The molecule has 0 aliphatic rings. The molecule has 0 aliphatic heterocycles. The quantitative estimate of drug-likeness (QED) is 0.760. The Morgan fingerprint density at radius 1 is 1.11 bits per heavy atom. The molecule has 0 bridgehead atoms. The molecule has 0 fully saturated rings. The zero-order chi connectivity index (χ0) is 13.4. The molecule has 0 heterocycles. The summed E-state index contributed by atoms with van der Waals surface area (Å²) in [6.45, 7) is 9.96. The predicted molar refractivity (Wildman–Crippen MR) is 84.7 cm³/mol. The van der Waals surface area contributed by atoms with E-state index in [2.05, 4.69) is 57.3 Å². The van der Waals surface area contributed by atoms with Gasteiger partial charge in [-0.1, -0.05) is 52.0 Å². The summed E-state index contributed by atoms with van der Waals surface area (Å²) in [5.41, 5.74) is 2.88. The van der Waals surface area contributed by atoms with Crippen LogP contribution in [0.1, 0.15) is 44.7 Å². The minimum absolute atomic E-state index is 0.602. The van der Waals surface area contributed by atoms with Crippen molar-refractivity contribution in [3.05, 3.63) is 35.4 Å². The highest BCUT2D eigenvalue weighted by molar-refractivity contribution is 7.99. The summed E-state index contributed by atoms with van der Waals surface area (Å²) < 4.78 is 0. The van der Waals surface area contributed by atoms with Gasteiger partial charge in [-0.05, 0) is 35.8 Å². The molecule has 0 spiro atoms. The molecule has 1 atom stereocenters. The Balaban J connectivity index is 2.56. The molecule has 0 saturated heterocycles. The fourth-order valence-corrected chi connectivity index (χ4v) is 2.82. The molecule has 1 unspecified atom stereocenters. The Hall–Kier alpha value is -0.470. The summed E-state index contributed by atoms with van der Waals surface area (Å²) in [5, 5.41) is 3.58. The summed E-state index contributed by atoms with van der Waals surface area (Å²) in [6.07, 6.45) is 1.14. The van der Waals surface area contributed by atoms with E-state index in [0.717, 1.165) is 13.0 Å². The fraction of sp³-hybridized carbons (Fsp3) is 0.625. The lowest BCUT2D eigenvalue weighted by molar-refractivity contribution is 0.572. The molecule has 0 saturated carbocycles. The first-order valence-electron chi connectivity index (χ1n) is 7.07. The van der Waals surface area contributed by atoms with Gasteiger partial charge in [0.1, 0.15) is 0 Å². The number of rotatable bonds is 8. The van der Waals surface area contributed by atoms with Gasteiger partial charge in [0.2, 0.25) is 0 Å². The summed E-state index contributed by atoms with van der Waals surface area (Å²) in [7, 11) is 0. The van der Waals surface area contributed by atoms with Gasteiger partial charge in [0.05, 0.1) is 0 Å². The molecule has 0 amide bonds. The van der Waals surface area contributed by atoms with Gasteiger partial charge < -0.3 is 5.32 Å². The fourth-order valence-electron chi connectivity index (χ4n) is 2.06. The Labute approximate surface area is 117 Å². The van der Waals surface area contributed by atoms with Crippen molar-refractivity contribution < 1.29 is 0 Å². The lowest BCUT2D eigenvalue weighted by Gasteiger charge is -2.17. The molecule has 18 heavy (non-hydrogen) atoms. The smallest absolute Gasteiger partial charge is 0.0198 e. The Kier molecular flexibility index (Phi) is 7.45. The summed E-state index contributed by atoms with van der Waals surface area (Å²) >= 11 is 2.02. The molecule has 0 aromatic heterocycles. The van der Waals surface area contributed by atoms with Gasteiger partial charge in [-0.2, -0.15) is 11.8 Å². The van der Waals surface area contributed by atoms with E-state index in [-0.39, 0.29) is 0 Å². The summed E-state index contributed by atoms with van der Waals surface area (Å²) in [6, 6.07) is 9.73. The number of benzene rings is 1. The molecule has 102 valence electrons. The lowest BCUT2D eigenvalue weighted by Crippen LogP contribution is -2.33. The highest BCUT2D eigenvalue weighted by Crippen LogP contribution is 2.16. The van der Waals surface area contributed by atoms with Crippen molar-refractivity contribution in [3.63, 3.8) is 0 Å². The van der Waals surface area contributed by atoms with Crippen LogP contribution in [-0.4, -0.2) is 24.1 Å². The van der Waals surface area contributed by atoms with Gasteiger partial charge in [0, 0.05) is 11.8 Å². The van der Waals surface area contributed by atoms with Gasteiger partial charge in [0.25, 0.3) is 0 Å². The third-order valence-corrected chi connectivity index (χ3v) is 4.19. The van der Waals surface area contributed by atoms with E-state index in [1.807, 2.05) is 11.8 Å². The van der Waals surface area contributed by atoms with Crippen LogP contribution in [-0.2, 0) is 6.42 Å². The van der Waals surface area contributed by atoms with Gasteiger partial charge in [-0.15, -0.1) is 0 Å². The van der Waals surface area contributed by atoms with Gasteiger partial charge in [0.15, 0.2) is 0 Å². The number of hydrogen-bond donors (Lipinski definition) is 1. The van der Waals surface area contributed by atoms with E-state index in [1.54, 1.807) is 0 Å². The predicted octanol–water partition coefficient (Wildman–Crippen LogP) is 4.08. The first-order valence-corrected chi connectivity index (χ1v) is 8.22. The highest BCUT2D eigenvalue weighted by atomic mass is 32.2. The molecule has 0 radical (unpaired) electrons. The minimum Gasteiger partial charge on any atom is -0.313 e. The first-order chi connectivity index (χ1) is 8.67. The van der Waals surface area contributed by atoms with Gasteiger partial charge in [-0.25, -0.2) is 0 Å². The van der Waals surface area contributed by atoms with Crippen LogP contribution in [0.3, 0.4) is 0 Å². The first kappa shape index (κ1) is 15.6. The molecular formula is C16H27NS. The summed E-state index contributed by atoms with van der Waals surface area (Å²) in [4.78, 5) is 0. The largest absolute Gasteiger partial charge is 0.313 e. The minimum atomic E-state index is 0.602. The van der Waals surface area contributed by atoms with Crippen LogP contribution in [0, 0.1) is 0 Å². The van der Waals surface area contributed by atoms with E-state index < -0.39 is 0 Å². The van der Waals surface area contributed by atoms with Crippen LogP contribution in [0.5, 0.6) is 0 Å². The topological polar surface area (TPSA) is 12.0 Å². The van der Waals surface area contributed by atoms with Crippen molar-refractivity contribution in [1.82, 2.24) is 5.32 Å². The van der Waals surface area contributed by atoms with Crippen LogP contribution in [0.25, 0.3) is 0 Å². The second kappa shape index (κ2) is 8.60. The molecule has 1 rings (SSSR count). The third-order valence-electron chi connectivity index (χ3n) is 3.14.